The first kappa shape index (κ1) is 13.7. The first-order chi connectivity index (χ1) is 8.13. The summed E-state index contributed by atoms with van der Waals surface area (Å²) in [6.07, 6.45) is 2.02. The summed E-state index contributed by atoms with van der Waals surface area (Å²) in [4.78, 5) is 2.55. The fraction of sp³-hybridized carbons (Fsp3) is 1.00. The van der Waals surface area contributed by atoms with Crippen LogP contribution < -0.4 is 0 Å². The van der Waals surface area contributed by atoms with Crippen molar-refractivity contribution in [3.05, 3.63) is 0 Å². The van der Waals surface area contributed by atoms with Gasteiger partial charge in [0.25, 0.3) is 0 Å². The predicted molar refractivity (Wildman–Crippen MR) is 72.5 cm³/mol. The van der Waals surface area contributed by atoms with E-state index in [9.17, 15) is 5.11 Å². The van der Waals surface area contributed by atoms with Crippen LogP contribution in [0.15, 0.2) is 0 Å². The molecule has 2 fully saturated rings. The minimum Gasteiger partial charge on any atom is -0.396 e. The summed E-state index contributed by atoms with van der Waals surface area (Å²) in [6, 6.07) is 0. The molecule has 2 atom stereocenters. The van der Waals surface area contributed by atoms with Crippen molar-refractivity contribution in [1.29, 1.82) is 0 Å². The van der Waals surface area contributed by atoms with Crippen molar-refractivity contribution in [3.8, 4) is 0 Å². The van der Waals surface area contributed by atoms with E-state index in [0.29, 0.717) is 17.1 Å². The van der Waals surface area contributed by atoms with Crippen LogP contribution in [0, 0.1) is 5.41 Å². The van der Waals surface area contributed by atoms with Gasteiger partial charge in [-0.05, 0) is 12.8 Å². The molecule has 0 aromatic rings. The van der Waals surface area contributed by atoms with E-state index in [1.54, 1.807) is 0 Å². The van der Waals surface area contributed by atoms with Crippen molar-refractivity contribution < 1.29 is 9.84 Å². The molecule has 0 radical (unpaired) electrons. The molecule has 0 aromatic heterocycles. The summed E-state index contributed by atoms with van der Waals surface area (Å²) in [7, 11) is 0. The topological polar surface area (TPSA) is 32.7 Å². The Morgan fingerprint density at radius 2 is 1.82 bits per heavy atom. The van der Waals surface area contributed by atoms with Gasteiger partial charge in [-0.2, -0.15) is 11.8 Å². The van der Waals surface area contributed by atoms with E-state index < -0.39 is 0 Å². The maximum atomic E-state index is 9.72. The molecule has 2 rings (SSSR count). The smallest absolute Gasteiger partial charge is 0.0501 e. The number of nitrogens with zero attached hydrogens (tertiary/aromatic N) is 1. The fourth-order valence-corrected chi connectivity index (χ4v) is 4.45. The van der Waals surface area contributed by atoms with Gasteiger partial charge in [0.2, 0.25) is 0 Å². The molecule has 0 aromatic carbocycles. The molecule has 0 saturated carbocycles. The highest BCUT2D eigenvalue weighted by Crippen LogP contribution is 2.33. The number of aliphatic hydroxyl groups is 1. The van der Waals surface area contributed by atoms with Gasteiger partial charge in [0.05, 0.1) is 6.61 Å². The summed E-state index contributed by atoms with van der Waals surface area (Å²) in [5, 5.41) is 11.2. The van der Waals surface area contributed by atoms with E-state index in [1.807, 2.05) is 0 Å². The Morgan fingerprint density at radius 3 is 2.35 bits per heavy atom. The van der Waals surface area contributed by atoms with Crippen LogP contribution in [-0.2, 0) is 4.74 Å². The van der Waals surface area contributed by atoms with Gasteiger partial charge >= 0.3 is 0 Å². The average Bonchev–Trinajstić information content (AvgIpc) is 2.29. The molecule has 0 amide bonds. The lowest BCUT2D eigenvalue weighted by atomic mass is 9.80. The zero-order valence-corrected chi connectivity index (χ0v) is 11.8. The second-order valence-electron chi connectivity index (χ2n) is 5.72. The molecule has 0 bridgehead atoms. The van der Waals surface area contributed by atoms with Crippen molar-refractivity contribution >= 4 is 11.8 Å². The van der Waals surface area contributed by atoms with E-state index in [2.05, 4.69) is 30.5 Å². The van der Waals surface area contributed by atoms with Gasteiger partial charge in [0.1, 0.15) is 0 Å². The molecule has 17 heavy (non-hydrogen) atoms. The van der Waals surface area contributed by atoms with Gasteiger partial charge in [0.15, 0.2) is 0 Å². The van der Waals surface area contributed by atoms with Crippen LogP contribution in [0.25, 0.3) is 0 Å². The molecule has 2 saturated heterocycles. The van der Waals surface area contributed by atoms with Gasteiger partial charge in [-0.25, -0.2) is 0 Å². The Balaban J connectivity index is 1.93. The Labute approximate surface area is 109 Å². The second kappa shape index (κ2) is 5.91. The van der Waals surface area contributed by atoms with Crippen LogP contribution in [0.4, 0.5) is 0 Å². The van der Waals surface area contributed by atoms with Crippen molar-refractivity contribution in [2.45, 2.75) is 37.2 Å². The SMILES string of the molecule is CC1CN(CC2(CO)CCOCC2)CC(C)S1. The lowest BCUT2D eigenvalue weighted by molar-refractivity contribution is -0.0344. The van der Waals surface area contributed by atoms with Gasteiger partial charge < -0.3 is 14.7 Å². The summed E-state index contributed by atoms with van der Waals surface area (Å²) < 4.78 is 5.42. The van der Waals surface area contributed by atoms with Gasteiger partial charge in [-0.1, -0.05) is 13.8 Å². The van der Waals surface area contributed by atoms with Crippen molar-refractivity contribution in [2.24, 2.45) is 5.41 Å². The highest BCUT2D eigenvalue weighted by atomic mass is 32.2. The molecule has 2 aliphatic heterocycles. The Hall–Kier alpha value is 0.230. The molecule has 4 heteroatoms. The third kappa shape index (κ3) is 3.60. The number of thioether (sulfide) groups is 1. The number of aliphatic hydroxyl groups excluding tert-OH is 1. The van der Waals surface area contributed by atoms with Crippen LogP contribution in [0.5, 0.6) is 0 Å². The summed E-state index contributed by atoms with van der Waals surface area (Å²) in [6.45, 7) is 9.93. The molecule has 3 nitrogen and oxygen atoms in total. The zero-order chi connectivity index (χ0) is 12.3. The third-order valence-electron chi connectivity index (χ3n) is 3.94. The first-order valence-corrected chi connectivity index (χ1v) is 7.64. The average molecular weight is 259 g/mol. The third-order valence-corrected chi connectivity index (χ3v) is 5.17. The molecular formula is C13H25NO2S. The molecular weight excluding hydrogens is 234 g/mol. The normalized spacial score (nSPS) is 34.8. The minimum atomic E-state index is 0.0969. The van der Waals surface area contributed by atoms with Crippen LogP contribution >= 0.6 is 11.8 Å². The van der Waals surface area contributed by atoms with Crippen molar-refractivity contribution in [2.75, 3.05) is 39.5 Å². The maximum Gasteiger partial charge on any atom is 0.0501 e. The van der Waals surface area contributed by atoms with E-state index in [-0.39, 0.29) is 5.41 Å². The highest BCUT2D eigenvalue weighted by Gasteiger charge is 2.35. The number of hydrogen-bond acceptors (Lipinski definition) is 4. The molecule has 0 aliphatic carbocycles. The summed E-state index contributed by atoms with van der Waals surface area (Å²) >= 11 is 2.08. The van der Waals surface area contributed by atoms with Crippen LogP contribution in [0.3, 0.4) is 0 Å². The van der Waals surface area contributed by atoms with E-state index >= 15 is 0 Å². The minimum absolute atomic E-state index is 0.0969. The molecule has 2 unspecified atom stereocenters. The second-order valence-corrected chi connectivity index (χ2v) is 7.60. The Morgan fingerprint density at radius 1 is 1.24 bits per heavy atom. The van der Waals surface area contributed by atoms with Crippen LogP contribution in [-0.4, -0.2) is 60.0 Å². The lowest BCUT2D eigenvalue weighted by Crippen LogP contribution is -2.49. The molecule has 2 heterocycles. The lowest BCUT2D eigenvalue weighted by Gasteiger charge is -2.43. The largest absolute Gasteiger partial charge is 0.396 e. The Kier molecular flexibility index (Phi) is 4.75. The summed E-state index contributed by atoms with van der Waals surface area (Å²) in [5.41, 5.74) is 0.0969. The van der Waals surface area contributed by atoms with Crippen LogP contribution in [0.2, 0.25) is 0 Å². The van der Waals surface area contributed by atoms with Gasteiger partial charge in [-0.15, -0.1) is 0 Å². The van der Waals surface area contributed by atoms with Gasteiger partial charge in [-0.3, -0.25) is 0 Å². The standard InChI is InChI=1S/C13H25NO2S/c1-11-7-14(8-12(2)17-11)9-13(10-15)3-5-16-6-4-13/h11-12,15H,3-10H2,1-2H3. The molecule has 1 N–H and O–H groups in total. The molecule has 2 aliphatic rings. The highest BCUT2D eigenvalue weighted by molar-refractivity contribution is 8.00. The number of rotatable bonds is 3. The number of hydrogen-bond donors (Lipinski definition) is 1. The maximum absolute atomic E-state index is 9.72. The molecule has 0 spiro atoms. The zero-order valence-electron chi connectivity index (χ0n) is 11.0. The summed E-state index contributed by atoms with van der Waals surface area (Å²) in [5.74, 6) is 0. The number of ether oxygens (including phenoxy) is 1. The Bertz CT molecular complexity index is 234. The van der Waals surface area contributed by atoms with Crippen molar-refractivity contribution in [3.63, 3.8) is 0 Å². The van der Waals surface area contributed by atoms with Crippen LogP contribution in [0.1, 0.15) is 26.7 Å². The quantitative estimate of drug-likeness (QED) is 0.834. The van der Waals surface area contributed by atoms with E-state index in [4.69, 9.17) is 4.74 Å². The van der Waals surface area contributed by atoms with E-state index in [0.717, 1.165) is 45.7 Å². The predicted octanol–water partition coefficient (Wildman–Crippen LogP) is 1.60. The first-order valence-electron chi connectivity index (χ1n) is 6.70. The van der Waals surface area contributed by atoms with Gasteiger partial charge in [0, 0.05) is 48.8 Å². The molecule has 100 valence electrons. The monoisotopic (exact) mass is 259 g/mol. The van der Waals surface area contributed by atoms with E-state index in [1.165, 1.54) is 0 Å². The van der Waals surface area contributed by atoms with Crippen molar-refractivity contribution in [1.82, 2.24) is 4.90 Å². The fourth-order valence-electron chi connectivity index (χ4n) is 3.06.